The molecule has 0 rings (SSSR count). The molecule has 0 aliphatic carbocycles. The van der Waals surface area contributed by atoms with Crippen molar-refractivity contribution >= 4 is 17.9 Å². The van der Waals surface area contributed by atoms with E-state index in [-0.39, 0.29) is 37.5 Å². The van der Waals surface area contributed by atoms with Gasteiger partial charge in [-0.1, -0.05) is 194 Å². The largest absolute Gasteiger partial charge is 0.462 e. The summed E-state index contributed by atoms with van der Waals surface area (Å²) < 4.78 is 16.7. The van der Waals surface area contributed by atoms with E-state index in [4.69, 9.17) is 14.2 Å². The summed E-state index contributed by atoms with van der Waals surface area (Å²) in [7, 11) is 0. The SMILES string of the molecule is CCCC/C=C\CCCCCCCC(=O)OC[C@H](COC(=O)CCCCC/C=C\C/C=C\C/C=C\C/C=C\CCCCC)OC(=O)CCC/C=C\C/C=C\C/C=C\C/C=C\CCCCC. The van der Waals surface area contributed by atoms with Crippen LogP contribution in [0.25, 0.3) is 0 Å². The topological polar surface area (TPSA) is 78.9 Å². The van der Waals surface area contributed by atoms with Gasteiger partial charge in [-0.15, -0.1) is 0 Å². The Hall–Kier alpha value is -3.93. The molecule has 6 heteroatoms. The average Bonchev–Trinajstić information content (AvgIpc) is 3.30. The molecule has 0 aliphatic rings. The second kappa shape index (κ2) is 52.7. The Bertz CT molecular complexity index is 1360. The molecule has 0 aromatic rings. The highest BCUT2D eigenvalue weighted by atomic mass is 16.6. The zero-order valence-electron chi connectivity index (χ0n) is 42.0. The van der Waals surface area contributed by atoms with Crippen LogP contribution in [0.2, 0.25) is 0 Å². The standard InChI is InChI=1S/C59H96O6/c1-4-7-10-13-16-19-22-24-26-28-29-31-32-34-37-40-43-46-49-52-58(61)64-55-56(54-63-57(60)51-48-45-42-39-36-21-18-15-12-9-6-3)65-59(62)53-50-47-44-41-38-35-33-30-27-25-23-20-17-14-11-8-5-2/h15-20,24-27,29,31,33-35,37,41,44,56H,4-14,21-23,28,30,32,36,38-40,42-43,45-55H2,1-3H3/b18-15-,19-16-,20-17-,26-24-,27-25-,31-29-,35-33-,37-34-,44-41-/t56-/m1/s1. The van der Waals surface area contributed by atoms with Crippen molar-refractivity contribution in [3.8, 4) is 0 Å². The second-order valence-electron chi connectivity index (χ2n) is 17.1. The first-order chi connectivity index (χ1) is 32.0. The predicted octanol–water partition coefficient (Wildman–Crippen LogP) is 17.5. The molecule has 0 saturated carbocycles. The summed E-state index contributed by atoms with van der Waals surface area (Å²) in [6.45, 7) is 6.45. The molecule has 65 heavy (non-hydrogen) atoms. The number of carbonyl (C=O) groups excluding carboxylic acids is 3. The lowest BCUT2D eigenvalue weighted by atomic mass is 10.1. The van der Waals surface area contributed by atoms with E-state index >= 15 is 0 Å². The van der Waals surface area contributed by atoms with E-state index in [9.17, 15) is 14.4 Å². The predicted molar refractivity (Wildman–Crippen MR) is 279 cm³/mol. The average molecular weight is 901 g/mol. The van der Waals surface area contributed by atoms with Crippen LogP contribution in [-0.4, -0.2) is 37.2 Å². The molecule has 1 atom stereocenters. The Morgan fingerprint density at radius 2 is 0.585 bits per heavy atom. The number of allylic oxidation sites excluding steroid dienone is 18. The molecule has 0 aliphatic heterocycles. The minimum absolute atomic E-state index is 0.117. The first kappa shape index (κ1) is 61.1. The van der Waals surface area contributed by atoms with Crippen LogP contribution in [0.1, 0.15) is 226 Å². The molecule has 0 saturated heterocycles. The maximum Gasteiger partial charge on any atom is 0.306 e. The quantitative estimate of drug-likeness (QED) is 0.0262. The van der Waals surface area contributed by atoms with Crippen molar-refractivity contribution in [2.75, 3.05) is 13.2 Å². The van der Waals surface area contributed by atoms with Crippen molar-refractivity contribution in [3.05, 3.63) is 109 Å². The number of hydrogen-bond donors (Lipinski definition) is 0. The Labute approximate surface area is 400 Å². The molecule has 0 unspecified atom stereocenters. The number of hydrogen-bond acceptors (Lipinski definition) is 6. The lowest BCUT2D eigenvalue weighted by Crippen LogP contribution is -2.30. The minimum Gasteiger partial charge on any atom is -0.462 e. The van der Waals surface area contributed by atoms with Gasteiger partial charge in [0.15, 0.2) is 6.10 Å². The normalized spacial score (nSPS) is 13.0. The molecule has 0 aromatic heterocycles. The number of carbonyl (C=O) groups is 3. The van der Waals surface area contributed by atoms with Crippen LogP contribution < -0.4 is 0 Å². The van der Waals surface area contributed by atoms with E-state index in [1.165, 1.54) is 77.0 Å². The number of unbranched alkanes of at least 4 members (excludes halogenated alkanes) is 17. The molecule has 0 aromatic carbocycles. The zero-order valence-corrected chi connectivity index (χ0v) is 42.0. The number of esters is 3. The molecule has 0 heterocycles. The maximum absolute atomic E-state index is 12.8. The molecular weight excluding hydrogens is 805 g/mol. The van der Waals surface area contributed by atoms with Gasteiger partial charge in [-0.05, 0) is 122 Å². The fourth-order valence-electron chi connectivity index (χ4n) is 6.69. The van der Waals surface area contributed by atoms with Crippen LogP contribution in [0.15, 0.2) is 109 Å². The zero-order chi connectivity index (χ0) is 47.2. The van der Waals surface area contributed by atoms with Crippen LogP contribution in [-0.2, 0) is 28.6 Å². The van der Waals surface area contributed by atoms with Gasteiger partial charge in [-0.2, -0.15) is 0 Å². The smallest absolute Gasteiger partial charge is 0.306 e. The van der Waals surface area contributed by atoms with Gasteiger partial charge >= 0.3 is 17.9 Å². The van der Waals surface area contributed by atoms with Gasteiger partial charge in [0.2, 0.25) is 0 Å². The molecular formula is C59H96O6. The monoisotopic (exact) mass is 901 g/mol. The fraction of sp³-hybridized carbons (Fsp3) is 0.644. The van der Waals surface area contributed by atoms with Crippen molar-refractivity contribution in [1.29, 1.82) is 0 Å². The van der Waals surface area contributed by atoms with E-state index in [0.717, 1.165) is 103 Å². The van der Waals surface area contributed by atoms with Gasteiger partial charge in [0.05, 0.1) is 0 Å². The van der Waals surface area contributed by atoms with Gasteiger partial charge in [0, 0.05) is 19.3 Å². The molecule has 0 fully saturated rings. The highest BCUT2D eigenvalue weighted by Crippen LogP contribution is 2.12. The van der Waals surface area contributed by atoms with Crippen molar-refractivity contribution in [1.82, 2.24) is 0 Å². The summed E-state index contributed by atoms with van der Waals surface area (Å²) in [4.78, 5) is 38.0. The summed E-state index contributed by atoms with van der Waals surface area (Å²) in [5.41, 5.74) is 0. The molecule has 0 amide bonds. The van der Waals surface area contributed by atoms with Gasteiger partial charge in [-0.25, -0.2) is 0 Å². The third-order valence-corrected chi connectivity index (χ3v) is 10.7. The Kier molecular flexibility index (Phi) is 49.5. The number of ether oxygens (including phenoxy) is 3. The van der Waals surface area contributed by atoms with Crippen LogP contribution in [0.5, 0.6) is 0 Å². The first-order valence-electron chi connectivity index (χ1n) is 26.4. The van der Waals surface area contributed by atoms with Crippen LogP contribution in [0.4, 0.5) is 0 Å². The van der Waals surface area contributed by atoms with Crippen molar-refractivity contribution in [2.45, 2.75) is 232 Å². The summed E-state index contributed by atoms with van der Waals surface area (Å²) in [5, 5.41) is 0. The third-order valence-electron chi connectivity index (χ3n) is 10.7. The third kappa shape index (κ3) is 50.9. The van der Waals surface area contributed by atoms with E-state index in [2.05, 4.69) is 130 Å². The number of rotatable bonds is 46. The van der Waals surface area contributed by atoms with Gasteiger partial charge in [0.1, 0.15) is 13.2 Å². The van der Waals surface area contributed by atoms with Crippen LogP contribution >= 0.6 is 0 Å². The lowest BCUT2D eigenvalue weighted by molar-refractivity contribution is -0.167. The van der Waals surface area contributed by atoms with Crippen LogP contribution in [0, 0.1) is 0 Å². The van der Waals surface area contributed by atoms with Gasteiger partial charge in [0.25, 0.3) is 0 Å². The molecule has 0 N–H and O–H groups in total. The Morgan fingerprint density at radius 1 is 0.308 bits per heavy atom. The lowest BCUT2D eigenvalue weighted by Gasteiger charge is -2.18. The summed E-state index contributed by atoms with van der Waals surface area (Å²) in [6.07, 6.45) is 70.7. The van der Waals surface area contributed by atoms with E-state index in [1.807, 2.05) is 0 Å². The van der Waals surface area contributed by atoms with Gasteiger partial charge in [-0.3, -0.25) is 14.4 Å². The molecule has 368 valence electrons. The molecule has 0 spiro atoms. The van der Waals surface area contributed by atoms with E-state index < -0.39 is 6.10 Å². The Balaban J connectivity index is 4.54. The minimum atomic E-state index is -0.824. The maximum atomic E-state index is 12.8. The highest BCUT2D eigenvalue weighted by molar-refractivity contribution is 5.71. The fourth-order valence-corrected chi connectivity index (χ4v) is 6.69. The van der Waals surface area contributed by atoms with Gasteiger partial charge < -0.3 is 14.2 Å². The van der Waals surface area contributed by atoms with Crippen molar-refractivity contribution in [2.24, 2.45) is 0 Å². The summed E-state index contributed by atoms with van der Waals surface area (Å²) in [6, 6.07) is 0. The second-order valence-corrected chi connectivity index (χ2v) is 17.1. The van der Waals surface area contributed by atoms with E-state index in [1.54, 1.807) is 0 Å². The first-order valence-corrected chi connectivity index (χ1v) is 26.4. The molecule has 0 radical (unpaired) electrons. The molecule has 0 bridgehead atoms. The van der Waals surface area contributed by atoms with E-state index in [0.29, 0.717) is 19.3 Å². The van der Waals surface area contributed by atoms with Crippen LogP contribution in [0.3, 0.4) is 0 Å². The van der Waals surface area contributed by atoms with Crippen molar-refractivity contribution in [3.63, 3.8) is 0 Å². The Morgan fingerprint density at radius 3 is 0.985 bits per heavy atom. The highest BCUT2D eigenvalue weighted by Gasteiger charge is 2.19. The summed E-state index contributed by atoms with van der Waals surface area (Å²) >= 11 is 0. The summed E-state index contributed by atoms with van der Waals surface area (Å²) in [5.74, 6) is -1.02. The van der Waals surface area contributed by atoms with Crippen molar-refractivity contribution < 1.29 is 28.6 Å². The molecule has 6 nitrogen and oxygen atoms in total.